The fourth-order valence-electron chi connectivity index (χ4n) is 3.91. The number of carbonyl (C=O) groups excluding carboxylic acids is 1. The highest BCUT2D eigenvalue weighted by atomic mass is 32.1. The van der Waals surface area contributed by atoms with Crippen LogP contribution in [0.3, 0.4) is 0 Å². The molecule has 3 heterocycles. The van der Waals surface area contributed by atoms with E-state index in [1.807, 2.05) is 41.7 Å². The Morgan fingerprint density at radius 1 is 1.30 bits per heavy atom. The molecule has 2 aromatic heterocycles. The van der Waals surface area contributed by atoms with Crippen LogP contribution in [-0.4, -0.2) is 41.0 Å². The van der Waals surface area contributed by atoms with Gasteiger partial charge in [0.1, 0.15) is 10.4 Å². The van der Waals surface area contributed by atoms with Crippen LogP contribution in [0.15, 0.2) is 9.59 Å². The molecule has 1 aliphatic heterocycles. The molecule has 1 unspecified atom stereocenters. The second kappa shape index (κ2) is 10.1. The third-order valence-corrected chi connectivity index (χ3v) is 7.38. The minimum Gasteiger partial charge on any atom is -0.462 e. The average molecular weight is 481 g/mol. The van der Waals surface area contributed by atoms with E-state index in [-0.39, 0.29) is 28.5 Å². The van der Waals surface area contributed by atoms with Crippen molar-refractivity contribution >= 4 is 28.0 Å². The Labute approximate surface area is 198 Å². The van der Waals surface area contributed by atoms with Crippen molar-refractivity contribution in [3.63, 3.8) is 0 Å². The summed E-state index contributed by atoms with van der Waals surface area (Å²) in [6, 6.07) is 0. The molecule has 2 N–H and O–H groups in total. The van der Waals surface area contributed by atoms with Crippen LogP contribution in [-0.2, 0) is 32.9 Å². The normalized spacial score (nSPS) is 19.3. The van der Waals surface area contributed by atoms with E-state index >= 15 is 0 Å². The third-order valence-electron chi connectivity index (χ3n) is 6.06. The van der Waals surface area contributed by atoms with Crippen molar-refractivity contribution in [1.29, 1.82) is 0 Å². The standard InChI is InChI=1S/C18H26N4O3S.C5H10O2/c1-11-13(9-20-19-3)26-16-14(11)15(23)22(18(2)6-7-18)17(24)21(16)10-12-5-4-8-25-12;1-5(2,3)7-4-6/h12,19-20H,4-10H2,1-3H3;4H,1-3H3. The van der Waals surface area contributed by atoms with Gasteiger partial charge < -0.3 is 9.47 Å². The summed E-state index contributed by atoms with van der Waals surface area (Å²) in [6.45, 7) is 11.8. The van der Waals surface area contributed by atoms with E-state index in [1.165, 1.54) is 15.9 Å². The number of nitrogens with zero attached hydrogens (tertiary/aromatic N) is 2. The summed E-state index contributed by atoms with van der Waals surface area (Å²) in [5.74, 6) is 0. The summed E-state index contributed by atoms with van der Waals surface area (Å²) < 4.78 is 13.6. The quantitative estimate of drug-likeness (QED) is 0.463. The zero-order chi connectivity index (χ0) is 24.4. The number of ether oxygens (including phenoxy) is 2. The maximum atomic E-state index is 13.3. The molecule has 1 aliphatic carbocycles. The van der Waals surface area contributed by atoms with Gasteiger partial charge in [0.2, 0.25) is 0 Å². The van der Waals surface area contributed by atoms with Gasteiger partial charge in [-0.2, -0.15) is 0 Å². The first-order valence-corrected chi connectivity index (χ1v) is 12.2. The third kappa shape index (κ3) is 5.74. The van der Waals surface area contributed by atoms with Crippen LogP contribution in [0.25, 0.3) is 10.2 Å². The highest BCUT2D eigenvalue weighted by molar-refractivity contribution is 7.18. The van der Waals surface area contributed by atoms with Gasteiger partial charge in [0.05, 0.1) is 23.6 Å². The molecule has 1 saturated carbocycles. The number of nitrogens with one attached hydrogen (secondary N) is 2. The van der Waals surface area contributed by atoms with Gasteiger partial charge in [0.25, 0.3) is 12.0 Å². The van der Waals surface area contributed by atoms with E-state index < -0.39 is 0 Å². The molecule has 9 nitrogen and oxygen atoms in total. The Kier molecular flexibility index (Phi) is 7.83. The summed E-state index contributed by atoms with van der Waals surface area (Å²) in [7, 11) is 1.82. The molecule has 10 heteroatoms. The van der Waals surface area contributed by atoms with Crippen LogP contribution >= 0.6 is 11.3 Å². The summed E-state index contributed by atoms with van der Waals surface area (Å²) >= 11 is 1.53. The van der Waals surface area contributed by atoms with Gasteiger partial charge in [0.15, 0.2) is 0 Å². The molecule has 33 heavy (non-hydrogen) atoms. The lowest BCUT2D eigenvalue weighted by Gasteiger charge is -2.18. The van der Waals surface area contributed by atoms with Crippen molar-refractivity contribution in [2.45, 2.75) is 90.6 Å². The lowest BCUT2D eigenvalue weighted by molar-refractivity contribution is -0.138. The number of carbonyl (C=O) groups is 1. The molecule has 0 radical (unpaired) electrons. The number of hydrogen-bond donors (Lipinski definition) is 2. The predicted octanol–water partition coefficient (Wildman–Crippen LogP) is 2.40. The summed E-state index contributed by atoms with van der Waals surface area (Å²) in [4.78, 5) is 37.9. The number of aromatic nitrogens is 2. The van der Waals surface area contributed by atoms with Crippen molar-refractivity contribution < 1.29 is 14.3 Å². The van der Waals surface area contributed by atoms with Crippen LogP contribution in [0, 0.1) is 6.92 Å². The number of fused-ring (bicyclic) bond motifs is 1. The number of hydrazine groups is 1. The van der Waals surface area contributed by atoms with Crippen molar-refractivity contribution in [3.05, 3.63) is 31.3 Å². The second-order valence-electron chi connectivity index (χ2n) is 9.93. The smallest absolute Gasteiger partial charge is 0.332 e. The minimum atomic E-state index is -0.335. The van der Waals surface area contributed by atoms with Gasteiger partial charge in [-0.1, -0.05) is 0 Å². The second-order valence-corrected chi connectivity index (χ2v) is 11.0. The van der Waals surface area contributed by atoms with Crippen molar-refractivity contribution in [2.24, 2.45) is 0 Å². The van der Waals surface area contributed by atoms with Gasteiger partial charge in [-0.05, 0) is 72.9 Å². The molecule has 2 fully saturated rings. The first-order chi connectivity index (χ1) is 15.5. The van der Waals surface area contributed by atoms with E-state index in [1.54, 1.807) is 4.57 Å². The molecular formula is C23H36N4O5S. The summed E-state index contributed by atoms with van der Waals surface area (Å²) in [6.07, 6.45) is 3.80. The fourth-order valence-corrected chi connectivity index (χ4v) is 5.15. The first-order valence-electron chi connectivity index (χ1n) is 11.4. The Balaban J connectivity index is 0.000000383. The Bertz CT molecular complexity index is 1100. The minimum absolute atomic E-state index is 0.0511. The number of hydrogen-bond acceptors (Lipinski definition) is 8. The molecule has 4 rings (SSSR count). The SMILES string of the molecule is CC(C)(C)OC=O.CNNCc1sc2c(c1C)c(=O)n(C1(C)CC1)c(=O)n2CC1CCCO1. The van der Waals surface area contributed by atoms with Gasteiger partial charge >= 0.3 is 5.69 Å². The van der Waals surface area contributed by atoms with E-state index in [0.29, 0.717) is 24.9 Å². The predicted molar refractivity (Wildman–Crippen MR) is 130 cm³/mol. The Morgan fingerprint density at radius 2 is 2.00 bits per heavy atom. The van der Waals surface area contributed by atoms with E-state index in [9.17, 15) is 14.4 Å². The van der Waals surface area contributed by atoms with Gasteiger partial charge in [-0.3, -0.25) is 29.6 Å². The topological polar surface area (TPSA) is 104 Å². The summed E-state index contributed by atoms with van der Waals surface area (Å²) in [5.41, 5.74) is 6.00. The van der Waals surface area contributed by atoms with Crippen LogP contribution in [0.4, 0.5) is 0 Å². The van der Waals surface area contributed by atoms with Crippen LogP contribution in [0.5, 0.6) is 0 Å². The molecule has 2 aromatic rings. The Hall–Kier alpha value is -2.01. The lowest BCUT2D eigenvalue weighted by atomic mass is 10.2. The van der Waals surface area contributed by atoms with Gasteiger partial charge in [-0.15, -0.1) is 11.3 Å². The number of rotatable bonds is 7. The summed E-state index contributed by atoms with van der Waals surface area (Å²) in [5, 5.41) is 0.689. The van der Waals surface area contributed by atoms with Crippen LogP contribution in [0.2, 0.25) is 0 Å². The molecule has 0 bridgehead atoms. The van der Waals surface area contributed by atoms with E-state index in [2.05, 4.69) is 15.6 Å². The number of aryl methyl sites for hydroxylation is 1. The zero-order valence-electron chi connectivity index (χ0n) is 20.4. The van der Waals surface area contributed by atoms with Crippen molar-refractivity contribution in [2.75, 3.05) is 13.7 Å². The first kappa shape index (κ1) is 25.6. The Morgan fingerprint density at radius 3 is 2.48 bits per heavy atom. The molecule has 2 aliphatic rings. The van der Waals surface area contributed by atoms with E-state index in [0.717, 1.165) is 47.6 Å². The van der Waals surface area contributed by atoms with Crippen LogP contribution < -0.4 is 22.1 Å². The molecule has 0 aromatic carbocycles. The highest BCUT2D eigenvalue weighted by Gasteiger charge is 2.43. The zero-order valence-corrected chi connectivity index (χ0v) is 21.3. The molecular weight excluding hydrogens is 444 g/mol. The number of thiophene rings is 1. The van der Waals surface area contributed by atoms with Gasteiger partial charge in [0, 0.05) is 18.0 Å². The largest absolute Gasteiger partial charge is 0.462 e. The van der Waals surface area contributed by atoms with Crippen molar-refractivity contribution in [1.82, 2.24) is 20.0 Å². The monoisotopic (exact) mass is 480 g/mol. The fraction of sp³-hybridized carbons (Fsp3) is 0.696. The molecule has 1 atom stereocenters. The van der Waals surface area contributed by atoms with Gasteiger partial charge in [-0.25, -0.2) is 4.79 Å². The van der Waals surface area contributed by atoms with Crippen molar-refractivity contribution in [3.8, 4) is 0 Å². The lowest BCUT2D eigenvalue weighted by Crippen LogP contribution is -2.45. The highest BCUT2D eigenvalue weighted by Crippen LogP contribution is 2.41. The molecule has 0 spiro atoms. The average Bonchev–Trinajstić information content (AvgIpc) is 3.12. The maximum absolute atomic E-state index is 13.3. The van der Waals surface area contributed by atoms with Crippen LogP contribution in [0.1, 0.15) is 63.8 Å². The molecule has 184 valence electrons. The molecule has 0 amide bonds. The van der Waals surface area contributed by atoms with E-state index in [4.69, 9.17) is 4.74 Å². The maximum Gasteiger partial charge on any atom is 0.332 e. The molecule has 1 saturated heterocycles.